The van der Waals surface area contributed by atoms with E-state index in [4.69, 9.17) is 18.9 Å². The maximum absolute atomic E-state index is 11.7. The van der Waals surface area contributed by atoms with Gasteiger partial charge in [-0.1, -0.05) is 43.0 Å². The zero-order chi connectivity index (χ0) is 25.8. The summed E-state index contributed by atoms with van der Waals surface area (Å²) >= 11 is 0. The number of benzene rings is 2. The van der Waals surface area contributed by atoms with Gasteiger partial charge >= 0.3 is 11.9 Å². The summed E-state index contributed by atoms with van der Waals surface area (Å²) in [6.07, 6.45) is 1.01. The fraction of sp³-hybridized carbons (Fsp3) is 0.357. The van der Waals surface area contributed by atoms with E-state index in [2.05, 4.69) is 13.2 Å². The van der Waals surface area contributed by atoms with Crippen molar-refractivity contribution < 1.29 is 33.6 Å². The Morgan fingerprint density at radius 2 is 1.29 bits per heavy atom. The summed E-state index contributed by atoms with van der Waals surface area (Å²) in [5, 5.41) is 9.41. The second-order valence-electron chi connectivity index (χ2n) is 8.17. The maximum Gasteiger partial charge on any atom is 0.333 e. The third-order valence-corrected chi connectivity index (χ3v) is 4.98. The van der Waals surface area contributed by atoms with Crippen molar-refractivity contribution in [1.29, 1.82) is 0 Å². The Morgan fingerprint density at radius 1 is 0.800 bits per heavy atom. The predicted octanol–water partition coefficient (Wildman–Crippen LogP) is 4.58. The first-order valence-corrected chi connectivity index (χ1v) is 11.5. The molecule has 0 aliphatic rings. The molecule has 2 aromatic carbocycles. The van der Waals surface area contributed by atoms with Crippen LogP contribution in [0.4, 0.5) is 0 Å². The summed E-state index contributed by atoms with van der Waals surface area (Å²) in [5.74, 6) is 0.181. The van der Waals surface area contributed by atoms with Crippen LogP contribution in [0.15, 0.2) is 60.7 Å². The number of rotatable bonds is 14. The van der Waals surface area contributed by atoms with Crippen LogP contribution in [0.5, 0.6) is 11.5 Å². The first-order chi connectivity index (χ1) is 16.7. The SMILES string of the molecule is C=C(C)C(=O)OCCOc1cc(-c2ccc(C)cc2)cc(OCCOC(=O)C(=C)C)c1CCCO. The molecule has 0 atom stereocenters. The van der Waals surface area contributed by atoms with Gasteiger partial charge in [0, 0.05) is 23.3 Å². The van der Waals surface area contributed by atoms with Gasteiger partial charge in [0.2, 0.25) is 0 Å². The molecule has 35 heavy (non-hydrogen) atoms. The molecule has 0 heterocycles. The summed E-state index contributed by atoms with van der Waals surface area (Å²) in [6, 6.07) is 11.9. The lowest BCUT2D eigenvalue weighted by Gasteiger charge is -2.19. The highest BCUT2D eigenvalue weighted by atomic mass is 16.6. The van der Waals surface area contributed by atoms with Crippen LogP contribution >= 0.6 is 0 Å². The summed E-state index contributed by atoms with van der Waals surface area (Å²) in [4.78, 5) is 23.3. The number of esters is 2. The second-order valence-corrected chi connectivity index (χ2v) is 8.17. The van der Waals surface area contributed by atoms with Gasteiger partial charge in [-0.05, 0) is 56.9 Å². The lowest BCUT2D eigenvalue weighted by Crippen LogP contribution is -2.15. The fourth-order valence-electron chi connectivity index (χ4n) is 3.11. The lowest BCUT2D eigenvalue weighted by atomic mass is 9.99. The molecule has 7 nitrogen and oxygen atoms in total. The van der Waals surface area contributed by atoms with E-state index in [0.717, 1.165) is 22.3 Å². The van der Waals surface area contributed by atoms with Crippen LogP contribution in [0.25, 0.3) is 11.1 Å². The van der Waals surface area contributed by atoms with E-state index >= 15 is 0 Å². The highest BCUT2D eigenvalue weighted by molar-refractivity contribution is 5.87. The molecule has 0 bridgehead atoms. The molecule has 2 aromatic rings. The zero-order valence-corrected chi connectivity index (χ0v) is 20.7. The maximum atomic E-state index is 11.7. The van der Waals surface area contributed by atoms with Crippen molar-refractivity contribution >= 4 is 11.9 Å². The number of carbonyl (C=O) groups excluding carboxylic acids is 2. The molecule has 0 unspecified atom stereocenters. The highest BCUT2D eigenvalue weighted by Crippen LogP contribution is 2.36. The fourth-order valence-corrected chi connectivity index (χ4v) is 3.11. The number of ether oxygens (including phenoxy) is 4. The normalized spacial score (nSPS) is 10.4. The van der Waals surface area contributed by atoms with Gasteiger partial charge in [-0.2, -0.15) is 0 Å². The minimum Gasteiger partial charge on any atom is -0.490 e. The van der Waals surface area contributed by atoms with Crippen molar-refractivity contribution in [3.63, 3.8) is 0 Å². The first-order valence-electron chi connectivity index (χ1n) is 11.5. The number of carbonyl (C=O) groups is 2. The highest BCUT2D eigenvalue weighted by Gasteiger charge is 2.16. The Bertz CT molecular complexity index is 983. The van der Waals surface area contributed by atoms with Gasteiger partial charge in [-0.15, -0.1) is 0 Å². The summed E-state index contributed by atoms with van der Waals surface area (Å²) in [7, 11) is 0. The van der Waals surface area contributed by atoms with Crippen LogP contribution in [0.2, 0.25) is 0 Å². The monoisotopic (exact) mass is 482 g/mol. The number of aliphatic hydroxyl groups excluding tert-OH is 1. The van der Waals surface area contributed by atoms with Gasteiger partial charge in [0.25, 0.3) is 0 Å². The van der Waals surface area contributed by atoms with Crippen LogP contribution in [0.3, 0.4) is 0 Å². The van der Waals surface area contributed by atoms with E-state index in [0.29, 0.717) is 35.5 Å². The molecular weight excluding hydrogens is 448 g/mol. The minimum absolute atomic E-state index is 0.00500. The van der Waals surface area contributed by atoms with Crippen molar-refractivity contribution in [1.82, 2.24) is 0 Å². The van der Waals surface area contributed by atoms with Gasteiger partial charge in [0.15, 0.2) is 0 Å². The molecule has 0 aliphatic heterocycles. The van der Waals surface area contributed by atoms with Crippen molar-refractivity contribution in [2.24, 2.45) is 0 Å². The Hall–Kier alpha value is -3.58. The molecule has 0 aromatic heterocycles. The third-order valence-electron chi connectivity index (χ3n) is 4.98. The summed E-state index contributed by atoms with van der Waals surface area (Å²) in [5.41, 5.74) is 4.39. The van der Waals surface area contributed by atoms with E-state index < -0.39 is 11.9 Å². The molecular formula is C28H34O7. The molecule has 0 saturated heterocycles. The predicted molar refractivity (Wildman–Crippen MR) is 135 cm³/mol. The summed E-state index contributed by atoms with van der Waals surface area (Å²) < 4.78 is 22.3. The average molecular weight is 483 g/mol. The minimum atomic E-state index is -0.476. The van der Waals surface area contributed by atoms with Crippen LogP contribution in [-0.2, 0) is 25.5 Å². The number of aliphatic hydroxyl groups is 1. The van der Waals surface area contributed by atoms with E-state index in [1.807, 2.05) is 43.3 Å². The number of hydrogen-bond donors (Lipinski definition) is 1. The standard InChI is InChI=1S/C28H34O7/c1-19(2)27(30)34-15-13-32-25-17-23(22-10-8-21(5)9-11-22)18-26(24(25)7-6-12-29)33-14-16-35-28(31)20(3)4/h8-11,17-18,29H,1,3,6-7,12-16H2,2,4-5H3. The molecule has 0 fully saturated rings. The van der Waals surface area contributed by atoms with Crippen molar-refractivity contribution in [2.45, 2.75) is 33.6 Å². The molecule has 0 saturated carbocycles. The molecule has 0 amide bonds. The Balaban J connectivity index is 2.30. The molecule has 2 rings (SSSR count). The zero-order valence-electron chi connectivity index (χ0n) is 20.7. The number of hydrogen-bond acceptors (Lipinski definition) is 7. The lowest BCUT2D eigenvalue weighted by molar-refractivity contribution is -0.140. The van der Waals surface area contributed by atoms with Crippen LogP contribution in [0, 0.1) is 6.92 Å². The van der Waals surface area contributed by atoms with E-state index in [9.17, 15) is 14.7 Å². The Kier molecular flexibility index (Phi) is 11.0. The van der Waals surface area contributed by atoms with Crippen molar-refractivity contribution in [3.05, 3.63) is 71.8 Å². The molecule has 1 N–H and O–H groups in total. The van der Waals surface area contributed by atoms with Crippen LogP contribution < -0.4 is 9.47 Å². The van der Waals surface area contributed by atoms with Gasteiger partial charge in [-0.25, -0.2) is 9.59 Å². The Labute approximate surface area is 207 Å². The van der Waals surface area contributed by atoms with E-state index in [1.165, 1.54) is 0 Å². The third kappa shape index (κ3) is 8.94. The summed E-state index contributed by atoms with van der Waals surface area (Å²) in [6.45, 7) is 12.7. The molecule has 0 aliphatic carbocycles. The quantitative estimate of drug-likeness (QED) is 0.239. The van der Waals surface area contributed by atoms with Crippen molar-refractivity contribution in [3.8, 4) is 22.6 Å². The number of aryl methyl sites for hydroxylation is 1. The largest absolute Gasteiger partial charge is 0.490 e. The average Bonchev–Trinajstić information content (AvgIpc) is 2.83. The second kappa shape index (κ2) is 14.0. The topological polar surface area (TPSA) is 91.3 Å². The van der Waals surface area contributed by atoms with Crippen LogP contribution in [-0.4, -0.2) is 50.1 Å². The molecule has 188 valence electrons. The van der Waals surface area contributed by atoms with E-state index in [-0.39, 0.29) is 33.0 Å². The van der Waals surface area contributed by atoms with E-state index in [1.54, 1.807) is 13.8 Å². The Morgan fingerprint density at radius 3 is 1.71 bits per heavy atom. The van der Waals surface area contributed by atoms with Gasteiger partial charge in [0.1, 0.15) is 37.9 Å². The van der Waals surface area contributed by atoms with Gasteiger partial charge < -0.3 is 24.1 Å². The first kappa shape index (κ1) is 27.7. The van der Waals surface area contributed by atoms with Gasteiger partial charge in [-0.3, -0.25) is 0 Å². The molecule has 7 heteroatoms. The smallest absolute Gasteiger partial charge is 0.333 e. The van der Waals surface area contributed by atoms with Crippen molar-refractivity contribution in [2.75, 3.05) is 33.0 Å². The van der Waals surface area contributed by atoms with Crippen LogP contribution in [0.1, 0.15) is 31.4 Å². The van der Waals surface area contributed by atoms with Gasteiger partial charge in [0.05, 0.1) is 0 Å². The molecule has 0 spiro atoms. The molecule has 0 radical (unpaired) electrons.